The maximum atomic E-state index is 12.4. The number of carbonyl (C=O) groups excluding carboxylic acids is 1. The highest BCUT2D eigenvalue weighted by Crippen LogP contribution is 2.20. The number of aliphatic carboxylic acids is 1. The van der Waals surface area contributed by atoms with Gasteiger partial charge in [0.15, 0.2) is 0 Å². The number of carboxylic acid groups (broad SMARTS) is 1. The number of amides is 1. The Kier molecular flexibility index (Phi) is 5.90. The van der Waals surface area contributed by atoms with Gasteiger partial charge in [-0.25, -0.2) is 0 Å². The molecule has 1 aromatic carbocycles. The molecule has 0 saturated carbocycles. The van der Waals surface area contributed by atoms with Crippen molar-refractivity contribution in [3.05, 3.63) is 29.8 Å². The van der Waals surface area contributed by atoms with Gasteiger partial charge in [-0.1, -0.05) is 18.2 Å². The lowest BCUT2D eigenvalue weighted by Crippen LogP contribution is -2.38. The fourth-order valence-electron chi connectivity index (χ4n) is 1.81. The van der Waals surface area contributed by atoms with Crippen molar-refractivity contribution in [3.8, 4) is 0 Å². The molecule has 0 bridgehead atoms. The smallest absolute Gasteiger partial charge is 0.305 e. The number of para-hydroxylation sites is 1. The molecule has 0 aromatic heterocycles. The first-order valence-electron chi connectivity index (χ1n) is 6.92. The maximum absolute atomic E-state index is 12.4. The van der Waals surface area contributed by atoms with Gasteiger partial charge in [0, 0.05) is 12.2 Å². The first-order chi connectivity index (χ1) is 9.70. The standard InChI is InChI=1S/C16H23NO4/c1-12-7-5-6-8-13(12)17(10-9-15(19)20)14(18)11-21-16(2,3)4/h5-8H,9-11H2,1-4H3,(H,19,20). The predicted molar refractivity (Wildman–Crippen MR) is 81.5 cm³/mol. The van der Waals surface area contributed by atoms with E-state index in [4.69, 9.17) is 9.84 Å². The van der Waals surface area contributed by atoms with Crippen molar-refractivity contribution in [3.63, 3.8) is 0 Å². The van der Waals surface area contributed by atoms with Gasteiger partial charge in [-0.15, -0.1) is 0 Å². The molecule has 0 unspecified atom stereocenters. The first kappa shape index (κ1) is 17.2. The molecule has 1 aromatic rings. The highest BCUT2D eigenvalue weighted by Gasteiger charge is 2.21. The monoisotopic (exact) mass is 293 g/mol. The Labute approximate surface area is 125 Å². The minimum atomic E-state index is -0.932. The van der Waals surface area contributed by atoms with E-state index >= 15 is 0 Å². The van der Waals surface area contributed by atoms with Crippen LogP contribution in [-0.4, -0.2) is 35.7 Å². The minimum Gasteiger partial charge on any atom is -0.481 e. The van der Waals surface area contributed by atoms with Gasteiger partial charge in [-0.2, -0.15) is 0 Å². The number of hydrogen-bond acceptors (Lipinski definition) is 3. The third-order valence-electron chi connectivity index (χ3n) is 2.89. The van der Waals surface area contributed by atoms with Gasteiger partial charge in [-0.05, 0) is 39.3 Å². The Hall–Kier alpha value is -1.88. The van der Waals surface area contributed by atoms with Crippen LogP contribution in [0, 0.1) is 6.92 Å². The lowest BCUT2D eigenvalue weighted by atomic mass is 10.1. The lowest BCUT2D eigenvalue weighted by Gasteiger charge is -2.26. The van der Waals surface area contributed by atoms with E-state index in [9.17, 15) is 9.59 Å². The molecule has 0 aliphatic carbocycles. The number of rotatable bonds is 6. The SMILES string of the molecule is Cc1ccccc1N(CCC(=O)O)C(=O)COC(C)(C)C. The van der Waals surface area contributed by atoms with Gasteiger partial charge in [0.25, 0.3) is 5.91 Å². The molecule has 21 heavy (non-hydrogen) atoms. The summed E-state index contributed by atoms with van der Waals surface area (Å²) in [5.74, 6) is -1.17. The predicted octanol–water partition coefficient (Wildman–Crippen LogP) is 2.62. The van der Waals surface area contributed by atoms with Crippen LogP contribution in [0.4, 0.5) is 5.69 Å². The summed E-state index contributed by atoms with van der Waals surface area (Å²) in [5.41, 5.74) is 1.23. The number of nitrogens with zero attached hydrogens (tertiary/aromatic N) is 1. The van der Waals surface area contributed by atoms with Gasteiger partial charge < -0.3 is 14.7 Å². The van der Waals surface area contributed by atoms with E-state index in [0.717, 1.165) is 11.3 Å². The van der Waals surface area contributed by atoms with Gasteiger partial charge in [0.2, 0.25) is 0 Å². The van der Waals surface area contributed by atoms with Crippen LogP contribution in [0.3, 0.4) is 0 Å². The van der Waals surface area contributed by atoms with Gasteiger partial charge in [0.05, 0.1) is 12.0 Å². The third-order valence-corrected chi connectivity index (χ3v) is 2.89. The number of aryl methyl sites for hydroxylation is 1. The van der Waals surface area contributed by atoms with E-state index in [1.54, 1.807) is 0 Å². The molecule has 0 spiro atoms. The molecule has 0 fully saturated rings. The average Bonchev–Trinajstić information content (AvgIpc) is 2.37. The fourth-order valence-corrected chi connectivity index (χ4v) is 1.81. The van der Waals surface area contributed by atoms with Crippen molar-refractivity contribution in [2.24, 2.45) is 0 Å². The molecule has 5 nitrogen and oxygen atoms in total. The molecule has 0 radical (unpaired) electrons. The zero-order valence-electron chi connectivity index (χ0n) is 13.0. The average molecular weight is 293 g/mol. The number of carboxylic acids is 1. The van der Waals surface area contributed by atoms with E-state index in [2.05, 4.69) is 0 Å². The van der Waals surface area contributed by atoms with E-state index in [1.807, 2.05) is 52.0 Å². The summed E-state index contributed by atoms with van der Waals surface area (Å²) in [7, 11) is 0. The Morgan fingerprint density at radius 3 is 2.38 bits per heavy atom. The second-order valence-corrected chi connectivity index (χ2v) is 5.88. The number of carbonyl (C=O) groups is 2. The summed E-state index contributed by atoms with van der Waals surface area (Å²) in [6, 6.07) is 7.41. The molecule has 116 valence electrons. The van der Waals surface area contributed by atoms with Crippen LogP contribution in [0.1, 0.15) is 32.8 Å². The van der Waals surface area contributed by atoms with Crippen LogP contribution < -0.4 is 4.90 Å². The molecular weight excluding hydrogens is 270 g/mol. The molecule has 0 aliphatic rings. The molecule has 0 aliphatic heterocycles. The van der Waals surface area contributed by atoms with Crippen LogP contribution in [0.15, 0.2) is 24.3 Å². The van der Waals surface area contributed by atoms with Gasteiger partial charge in [0.1, 0.15) is 6.61 Å². The number of ether oxygens (including phenoxy) is 1. The van der Waals surface area contributed by atoms with Crippen molar-refractivity contribution < 1.29 is 19.4 Å². The van der Waals surface area contributed by atoms with Crippen LogP contribution in [0.5, 0.6) is 0 Å². The Morgan fingerprint density at radius 2 is 1.86 bits per heavy atom. The molecular formula is C16H23NO4. The molecule has 1 rings (SSSR count). The van der Waals surface area contributed by atoms with Crippen LogP contribution in [0.25, 0.3) is 0 Å². The summed E-state index contributed by atoms with van der Waals surface area (Å²) >= 11 is 0. The number of benzene rings is 1. The Bertz CT molecular complexity index is 505. The quantitative estimate of drug-likeness (QED) is 0.875. The Balaban J connectivity index is 2.89. The topological polar surface area (TPSA) is 66.8 Å². The van der Waals surface area contributed by atoms with Crippen LogP contribution >= 0.6 is 0 Å². The maximum Gasteiger partial charge on any atom is 0.305 e. The summed E-state index contributed by atoms with van der Waals surface area (Å²) in [5, 5.41) is 8.85. The summed E-state index contributed by atoms with van der Waals surface area (Å²) < 4.78 is 5.50. The minimum absolute atomic E-state index is 0.0720. The van der Waals surface area contributed by atoms with Crippen molar-refractivity contribution in [2.75, 3.05) is 18.1 Å². The van der Waals surface area contributed by atoms with Crippen LogP contribution in [-0.2, 0) is 14.3 Å². The highest BCUT2D eigenvalue weighted by atomic mass is 16.5. The second kappa shape index (κ2) is 7.22. The van der Waals surface area contributed by atoms with E-state index in [0.29, 0.717) is 0 Å². The zero-order valence-corrected chi connectivity index (χ0v) is 13.0. The molecule has 0 atom stereocenters. The fraction of sp³-hybridized carbons (Fsp3) is 0.500. The largest absolute Gasteiger partial charge is 0.481 e. The summed E-state index contributed by atoms with van der Waals surface area (Å²) in [6.07, 6.45) is -0.102. The summed E-state index contributed by atoms with van der Waals surface area (Å²) in [4.78, 5) is 24.6. The van der Waals surface area contributed by atoms with Gasteiger partial charge >= 0.3 is 5.97 Å². The zero-order chi connectivity index (χ0) is 16.0. The summed E-state index contributed by atoms with van der Waals surface area (Å²) in [6.45, 7) is 7.56. The highest BCUT2D eigenvalue weighted by molar-refractivity contribution is 5.95. The Morgan fingerprint density at radius 1 is 1.24 bits per heavy atom. The molecule has 5 heteroatoms. The van der Waals surface area contributed by atoms with Crippen molar-refractivity contribution in [2.45, 2.75) is 39.7 Å². The van der Waals surface area contributed by atoms with E-state index < -0.39 is 11.6 Å². The normalized spacial score (nSPS) is 11.2. The lowest BCUT2D eigenvalue weighted by molar-refractivity contribution is -0.136. The number of anilines is 1. The van der Waals surface area contributed by atoms with Crippen LogP contribution in [0.2, 0.25) is 0 Å². The molecule has 0 heterocycles. The molecule has 1 amide bonds. The second-order valence-electron chi connectivity index (χ2n) is 5.88. The molecule has 1 N–H and O–H groups in total. The van der Waals surface area contributed by atoms with E-state index in [1.165, 1.54) is 4.90 Å². The van der Waals surface area contributed by atoms with Gasteiger partial charge in [-0.3, -0.25) is 9.59 Å². The van der Waals surface area contributed by atoms with Crippen molar-refractivity contribution in [1.82, 2.24) is 0 Å². The van der Waals surface area contributed by atoms with Crippen molar-refractivity contribution in [1.29, 1.82) is 0 Å². The number of hydrogen-bond donors (Lipinski definition) is 1. The van der Waals surface area contributed by atoms with Crippen molar-refractivity contribution >= 4 is 17.6 Å². The first-order valence-corrected chi connectivity index (χ1v) is 6.92. The van der Waals surface area contributed by atoms with E-state index in [-0.39, 0.29) is 25.5 Å². The molecule has 0 saturated heterocycles. The third kappa shape index (κ3) is 5.95.